The number of carbonyl (C=O) groups excluding carboxylic acids is 2. The Labute approximate surface area is 196 Å². The zero-order valence-electron chi connectivity index (χ0n) is 17.3. The Morgan fingerprint density at radius 3 is 2.38 bits per heavy atom. The summed E-state index contributed by atoms with van der Waals surface area (Å²) in [7, 11) is 0. The Morgan fingerprint density at radius 2 is 1.68 bits per heavy atom. The van der Waals surface area contributed by atoms with Crippen molar-refractivity contribution in [1.29, 1.82) is 0 Å². The molecule has 170 valence electrons. The molecule has 34 heavy (non-hydrogen) atoms. The first kappa shape index (κ1) is 22.7. The van der Waals surface area contributed by atoms with Crippen molar-refractivity contribution in [3.8, 4) is 11.5 Å². The number of thioether (sulfide) groups is 1. The lowest BCUT2D eigenvalue weighted by Crippen LogP contribution is -2.27. The standard InChI is InChI=1S/C23H15N3O7S/c27-22-21(34-23(28)24(22)14-15-5-2-1-3-6-15)12-16-7-4-8-18(11-16)33-20-10-9-17(25(29)30)13-19(20)26(31)32/h1-13H,14H2/b21-12+. The predicted octanol–water partition coefficient (Wildman–Crippen LogP) is 5.53. The van der Waals surface area contributed by atoms with E-state index in [0.717, 1.165) is 40.4 Å². The molecule has 3 aromatic rings. The van der Waals surface area contributed by atoms with Crippen LogP contribution in [0.5, 0.6) is 11.5 Å². The number of carbonyl (C=O) groups is 2. The van der Waals surface area contributed by atoms with Crippen molar-refractivity contribution >= 4 is 40.4 Å². The van der Waals surface area contributed by atoms with E-state index < -0.39 is 27.1 Å². The van der Waals surface area contributed by atoms with Crippen molar-refractivity contribution in [2.75, 3.05) is 0 Å². The number of hydrogen-bond acceptors (Lipinski definition) is 8. The van der Waals surface area contributed by atoms with Gasteiger partial charge in [0.1, 0.15) is 5.75 Å². The van der Waals surface area contributed by atoms with Crippen molar-refractivity contribution in [2.45, 2.75) is 6.54 Å². The van der Waals surface area contributed by atoms with E-state index in [-0.39, 0.29) is 28.2 Å². The molecule has 1 heterocycles. The fraction of sp³-hybridized carbons (Fsp3) is 0.0435. The highest BCUT2D eigenvalue weighted by Crippen LogP contribution is 2.36. The number of hydrogen-bond donors (Lipinski definition) is 0. The van der Waals surface area contributed by atoms with Gasteiger partial charge in [0.15, 0.2) is 0 Å². The molecule has 0 radical (unpaired) electrons. The lowest BCUT2D eigenvalue weighted by molar-refractivity contribution is -0.394. The molecule has 10 nitrogen and oxygen atoms in total. The Morgan fingerprint density at radius 1 is 0.912 bits per heavy atom. The summed E-state index contributed by atoms with van der Waals surface area (Å²) in [6, 6.07) is 18.6. The van der Waals surface area contributed by atoms with Gasteiger partial charge in [-0.3, -0.25) is 34.7 Å². The molecular weight excluding hydrogens is 462 g/mol. The molecule has 0 unspecified atom stereocenters. The van der Waals surface area contributed by atoms with Gasteiger partial charge in [-0.2, -0.15) is 0 Å². The summed E-state index contributed by atoms with van der Waals surface area (Å²) in [6.45, 7) is 0.163. The van der Waals surface area contributed by atoms with Crippen molar-refractivity contribution < 1.29 is 24.2 Å². The first-order chi connectivity index (χ1) is 16.3. The smallest absolute Gasteiger partial charge is 0.318 e. The molecule has 0 aromatic heterocycles. The highest BCUT2D eigenvalue weighted by atomic mass is 32.2. The molecule has 1 aliphatic rings. The second-order valence-corrected chi connectivity index (χ2v) is 8.09. The maximum absolute atomic E-state index is 12.8. The van der Waals surface area contributed by atoms with Gasteiger partial charge in [-0.05, 0) is 47.2 Å². The minimum Gasteiger partial charge on any atom is -0.450 e. The summed E-state index contributed by atoms with van der Waals surface area (Å²) in [6.07, 6.45) is 1.53. The molecule has 0 aliphatic carbocycles. The van der Waals surface area contributed by atoms with Crippen LogP contribution >= 0.6 is 11.8 Å². The summed E-state index contributed by atoms with van der Waals surface area (Å²) >= 11 is 0.821. The summed E-state index contributed by atoms with van der Waals surface area (Å²) in [4.78, 5) is 47.3. The number of nitrogens with zero attached hydrogens (tertiary/aromatic N) is 3. The van der Waals surface area contributed by atoms with E-state index in [4.69, 9.17) is 4.74 Å². The van der Waals surface area contributed by atoms with E-state index >= 15 is 0 Å². The van der Waals surface area contributed by atoms with Crippen LogP contribution in [0.25, 0.3) is 6.08 Å². The van der Waals surface area contributed by atoms with Gasteiger partial charge in [0.2, 0.25) is 5.75 Å². The molecule has 3 aromatic carbocycles. The maximum atomic E-state index is 12.8. The van der Waals surface area contributed by atoms with Crippen LogP contribution in [0, 0.1) is 20.2 Å². The average Bonchev–Trinajstić information content (AvgIpc) is 3.07. The molecule has 0 bridgehead atoms. The first-order valence-corrected chi connectivity index (χ1v) is 10.6. The van der Waals surface area contributed by atoms with Gasteiger partial charge in [0, 0.05) is 6.07 Å². The van der Waals surface area contributed by atoms with Crippen molar-refractivity contribution in [1.82, 2.24) is 4.90 Å². The lowest BCUT2D eigenvalue weighted by atomic mass is 10.2. The molecule has 1 fully saturated rings. The van der Waals surface area contributed by atoms with Crippen LogP contribution < -0.4 is 4.74 Å². The highest BCUT2D eigenvalue weighted by Gasteiger charge is 2.35. The van der Waals surface area contributed by atoms with Crippen LogP contribution in [0.4, 0.5) is 16.2 Å². The molecule has 1 aliphatic heterocycles. The van der Waals surface area contributed by atoms with Gasteiger partial charge in [-0.25, -0.2) is 0 Å². The van der Waals surface area contributed by atoms with Crippen molar-refractivity contribution in [3.63, 3.8) is 0 Å². The van der Waals surface area contributed by atoms with E-state index in [2.05, 4.69) is 0 Å². The summed E-state index contributed by atoms with van der Waals surface area (Å²) in [5.74, 6) is -0.374. The number of nitro benzene ring substituents is 2. The van der Waals surface area contributed by atoms with Crippen molar-refractivity contribution in [2.24, 2.45) is 0 Å². The van der Waals surface area contributed by atoms with E-state index in [9.17, 15) is 29.8 Å². The monoisotopic (exact) mass is 477 g/mol. The number of nitro groups is 2. The van der Waals surface area contributed by atoms with Gasteiger partial charge < -0.3 is 4.74 Å². The van der Waals surface area contributed by atoms with E-state index in [1.807, 2.05) is 30.3 Å². The Hall–Kier alpha value is -4.51. The number of benzene rings is 3. The molecule has 4 rings (SSSR count). The summed E-state index contributed by atoms with van der Waals surface area (Å²) in [5.41, 5.74) is 0.374. The number of rotatable bonds is 7. The van der Waals surface area contributed by atoms with E-state index in [0.29, 0.717) is 5.56 Å². The zero-order valence-corrected chi connectivity index (χ0v) is 18.1. The topological polar surface area (TPSA) is 133 Å². The molecular formula is C23H15N3O7S. The quantitative estimate of drug-likeness (QED) is 0.246. The zero-order chi connectivity index (χ0) is 24.2. The van der Waals surface area contributed by atoms with Crippen LogP contribution in [-0.4, -0.2) is 25.9 Å². The average molecular weight is 477 g/mol. The number of non-ortho nitro benzene ring substituents is 1. The normalized spacial score (nSPS) is 14.5. The Kier molecular flexibility index (Phi) is 6.37. The van der Waals surface area contributed by atoms with Crippen LogP contribution in [-0.2, 0) is 11.3 Å². The maximum Gasteiger partial charge on any atom is 0.318 e. The van der Waals surface area contributed by atoms with E-state index in [1.54, 1.807) is 18.2 Å². The van der Waals surface area contributed by atoms with Crippen LogP contribution in [0.1, 0.15) is 11.1 Å². The third kappa shape index (κ3) is 4.94. The second kappa shape index (κ2) is 9.55. The van der Waals surface area contributed by atoms with Crippen molar-refractivity contribution in [3.05, 3.63) is 109 Å². The molecule has 11 heteroatoms. The third-order valence-electron chi connectivity index (χ3n) is 4.79. The molecule has 0 N–H and O–H groups in total. The van der Waals surface area contributed by atoms with E-state index in [1.165, 1.54) is 12.1 Å². The SMILES string of the molecule is O=C1S/C(=C/c2cccc(Oc3ccc([N+](=O)[O-])cc3[N+](=O)[O-])c2)C(=O)N1Cc1ccccc1. The minimum absolute atomic E-state index is 0.163. The second-order valence-electron chi connectivity index (χ2n) is 7.09. The number of amides is 2. The molecule has 0 atom stereocenters. The summed E-state index contributed by atoms with van der Waals surface area (Å²) < 4.78 is 5.60. The minimum atomic E-state index is -0.769. The van der Waals surface area contributed by atoms with Gasteiger partial charge in [-0.15, -0.1) is 0 Å². The molecule has 0 saturated carbocycles. The number of ether oxygens (including phenoxy) is 1. The lowest BCUT2D eigenvalue weighted by Gasteiger charge is -2.12. The van der Waals surface area contributed by atoms with Crippen LogP contribution in [0.15, 0.2) is 77.7 Å². The predicted molar refractivity (Wildman–Crippen MR) is 124 cm³/mol. The largest absolute Gasteiger partial charge is 0.450 e. The van der Waals surface area contributed by atoms with Crippen LogP contribution in [0.2, 0.25) is 0 Å². The van der Waals surface area contributed by atoms with Crippen LogP contribution in [0.3, 0.4) is 0 Å². The fourth-order valence-electron chi connectivity index (χ4n) is 3.20. The molecule has 1 saturated heterocycles. The summed E-state index contributed by atoms with van der Waals surface area (Å²) in [5, 5.41) is 21.9. The first-order valence-electron chi connectivity index (χ1n) is 9.82. The van der Waals surface area contributed by atoms with Gasteiger partial charge >= 0.3 is 5.69 Å². The Balaban J connectivity index is 1.55. The number of imide groups is 1. The van der Waals surface area contributed by atoms with Gasteiger partial charge in [0.05, 0.1) is 27.4 Å². The Bertz CT molecular complexity index is 1340. The molecule has 0 spiro atoms. The van der Waals surface area contributed by atoms with Gasteiger partial charge in [0.25, 0.3) is 16.8 Å². The molecule has 2 amide bonds. The third-order valence-corrected chi connectivity index (χ3v) is 5.70. The van der Waals surface area contributed by atoms with Gasteiger partial charge in [-0.1, -0.05) is 42.5 Å². The fourth-order valence-corrected chi connectivity index (χ4v) is 4.04. The highest BCUT2D eigenvalue weighted by molar-refractivity contribution is 8.18.